The standard InChI is InChI=1S/C15H23NO3/c1-11-3-2-4-12(7-11)5-6-16-9-14-8-13(10-19-14)15(17)18/h8,10-12,16H,2-7,9H2,1H3,(H,17,18). The van der Waals surface area contributed by atoms with Crippen LogP contribution < -0.4 is 5.32 Å². The Labute approximate surface area is 114 Å². The fourth-order valence-corrected chi connectivity index (χ4v) is 2.93. The Morgan fingerprint density at radius 3 is 3.05 bits per heavy atom. The van der Waals surface area contributed by atoms with Gasteiger partial charge in [-0.1, -0.05) is 26.2 Å². The highest BCUT2D eigenvalue weighted by Crippen LogP contribution is 2.30. The van der Waals surface area contributed by atoms with Crippen LogP contribution >= 0.6 is 0 Å². The van der Waals surface area contributed by atoms with Crippen molar-refractivity contribution in [2.24, 2.45) is 11.8 Å². The molecule has 1 aromatic heterocycles. The summed E-state index contributed by atoms with van der Waals surface area (Å²) in [6.45, 7) is 3.92. The summed E-state index contributed by atoms with van der Waals surface area (Å²) in [5.41, 5.74) is 0.220. The minimum Gasteiger partial charge on any atom is -0.478 e. The lowest BCUT2D eigenvalue weighted by molar-refractivity contribution is 0.0696. The van der Waals surface area contributed by atoms with Crippen LogP contribution in [0.2, 0.25) is 0 Å². The third kappa shape index (κ3) is 4.39. The molecule has 0 aliphatic heterocycles. The average molecular weight is 265 g/mol. The Bertz CT molecular complexity index is 413. The van der Waals surface area contributed by atoms with Crippen molar-refractivity contribution < 1.29 is 14.3 Å². The van der Waals surface area contributed by atoms with E-state index in [0.29, 0.717) is 12.3 Å². The monoisotopic (exact) mass is 265 g/mol. The lowest BCUT2D eigenvalue weighted by atomic mass is 9.81. The zero-order chi connectivity index (χ0) is 13.7. The van der Waals surface area contributed by atoms with E-state index in [-0.39, 0.29) is 5.56 Å². The van der Waals surface area contributed by atoms with E-state index in [4.69, 9.17) is 9.52 Å². The van der Waals surface area contributed by atoms with Crippen molar-refractivity contribution >= 4 is 5.97 Å². The van der Waals surface area contributed by atoms with E-state index >= 15 is 0 Å². The van der Waals surface area contributed by atoms with Gasteiger partial charge >= 0.3 is 5.97 Å². The van der Waals surface area contributed by atoms with Crippen LogP contribution in [-0.2, 0) is 6.54 Å². The SMILES string of the molecule is CC1CCCC(CCNCc2cc(C(=O)O)co2)C1. The number of aromatic carboxylic acids is 1. The fourth-order valence-electron chi connectivity index (χ4n) is 2.93. The van der Waals surface area contributed by atoms with Crippen LogP contribution in [0.3, 0.4) is 0 Å². The highest BCUT2D eigenvalue weighted by molar-refractivity contribution is 5.87. The van der Waals surface area contributed by atoms with Crippen molar-refractivity contribution in [3.8, 4) is 0 Å². The van der Waals surface area contributed by atoms with Crippen LogP contribution in [0, 0.1) is 11.8 Å². The fraction of sp³-hybridized carbons (Fsp3) is 0.667. The number of carbonyl (C=O) groups is 1. The molecule has 2 N–H and O–H groups in total. The largest absolute Gasteiger partial charge is 0.478 e. The van der Waals surface area contributed by atoms with Gasteiger partial charge in [0.15, 0.2) is 0 Å². The van der Waals surface area contributed by atoms with Gasteiger partial charge in [0.1, 0.15) is 12.0 Å². The van der Waals surface area contributed by atoms with Gasteiger partial charge in [0.25, 0.3) is 0 Å². The maximum Gasteiger partial charge on any atom is 0.338 e. The second-order valence-electron chi connectivity index (χ2n) is 5.71. The van der Waals surface area contributed by atoms with Crippen molar-refractivity contribution in [1.82, 2.24) is 5.32 Å². The second kappa shape index (κ2) is 6.75. The molecular weight excluding hydrogens is 242 g/mol. The molecule has 2 atom stereocenters. The molecule has 0 bridgehead atoms. The van der Waals surface area contributed by atoms with Crippen molar-refractivity contribution in [1.29, 1.82) is 0 Å². The molecular formula is C15H23NO3. The van der Waals surface area contributed by atoms with Crippen LogP contribution in [0.25, 0.3) is 0 Å². The molecule has 19 heavy (non-hydrogen) atoms. The number of rotatable bonds is 6. The average Bonchev–Trinajstić information content (AvgIpc) is 2.84. The van der Waals surface area contributed by atoms with Gasteiger partial charge in [-0.15, -0.1) is 0 Å². The van der Waals surface area contributed by atoms with Gasteiger partial charge in [0, 0.05) is 0 Å². The summed E-state index contributed by atoms with van der Waals surface area (Å²) < 4.78 is 5.19. The van der Waals surface area contributed by atoms with Crippen molar-refractivity contribution in [3.05, 3.63) is 23.7 Å². The topological polar surface area (TPSA) is 62.5 Å². The Hall–Kier alpha value is -1.29. The van der Waals surface area contributed by atoms with Crippen LogP contribution in [-0.4, -0.2) is 17.6 Å². The number of furan rings is 1. The highest BCUT2D eigenvalue weighted by atomic mass is 16.4. The van der Waals surface area contributed by atoms with Crippen LogP contribution in [0.15, 0.2) is 16.7 Å². The minimum atomic E-state index is -0.939. The molecule has 0 radical (unpaired) electrons. The van der Waals surface area contributed by atoms with Gasteiger partial charge in [-0.2, -0.15) is 0 Å². The molecule has 2 rings (SSSR count). The number of hydrogen-bond acceptors (Lipinski definition) is 3. The molecule has 2 unspecified atom stereocenters. The second-order valence-corrected chi connectivity index (χ2v) is 5.71. The first-order valence-electron chi connectivity index (χ1n) is 7.16. The van der Waals surface area contributed by atoms with Gasteiger partial charge in [0.2, 0.25) is 0 Å². The summed E-state index contributed by atoms with van der Waals surface area (Å²) in [4.78, 5) is 10.7. The molecule has 106 valence electrons. The molecule has 0 aromatic carbocycles. The summed E-state index contributed by atoms with van der Waals surface area (Å²) in [6, 6.07) is 1.58. The molecule has 1 aliphatic carbocycles. The van der Waals surface area contributed by atoms with Gasteiger partial charge in [0.05, 0.1) is 12.1 Å². The molecule has 1 aromatic rings. The van der Waals surface area contributed by atoms with E-state index in [0.717, 1.165) is 18.4 Å². The lowest BCUT2D eigenvalue weighted by Gasteiger charge is -2.26. The maximum absolute atomic E-state index is 10.7. The highest BCUT2D eigenvalue weighted by Gasteiger charge is 2.18. The molecule has 0 saturated heterocycles. The Kier molecular flexibility index (Phi) is 5.02. The minimum absolute atomic E-state index is 0.220. The van der Waals surface area contributed by atoms with Crippen LogP contribution in [0.1, 0.15) is 55.1 Å². The van der Waals surface area contributed by atoms with E-state index in [9.17, 15) is 4.79 Å². The number of carboxylic acid groups (broad SMARTS) is 1. The lowest BCUT2D eigenvalue weighted by Crippen LogP contribution is -2.20. The quantitative estimate of drug-likeness (QED) is 0.775. The number of nitrogens with one attached hydrogen (secondary N) is 1. The molecule has 1 saturated carbocycles. The molecule has 1 heterocycles. The summed E-state index contributed by atoms with van der Waals surface area (Å²) in [7, 11) is 0. The first-order chi connectivity index (χ1) is 9.15. The molecule has 4 nitrogen and oxygen atoms in total. The molecule has 4 heteroatoms. The predicted octanol–water partition coefficient (Wildman–Crippen LogP) is 3.28. The van der Waals surface area contributed by atoms with Gasteiger partial charge < -0.3 is 14.8 Å². The molecule has 0 spiro atoms. The predicted molar refractivity (Wildman–Crippen MR) is 73.1 cm³/mol. The third-order valence-electron chi connectivity index (χ3n) is 3.97. The van der Waals surface area contributed by atoms with E-state index in [1.165, 1.54) is 38.4 Å². The van der Waals surface area contributed by atoms with E-state index in [1.807, 2.05) is 0 Å². The summed E-state index contributed by atoms with van der Waals surface area (Å²) in [5.74, 6) is 1.48. The van der Waals surface area contributed by atoms with Gasteiger partial charge in [-0.05, 0) is 37.3 Å². The zero-order valence-electron chi connectivity index (χ0n) is 11.5. The molecule has 1 aliphatic rings. The van der Waals surface area contributed by atoms with Crippen molar-refractivity contribution in [2.45, 2.75) is 45.6 Å². The van der Waals surface area contributed by atoms with E-state index < -0.39 is 5.97 Å². The smallest absolute Gasteiger partial charge is 0.338 e. The third-order valence-corrected chi connectivity index (χ3v) is 3.97. The number of carboxylic acids is 1. The maximum atomic E-state index is 10.7. The summed E-state index contributed by atoms with van der Waals surface area (Å²) in [6.07, 6.45) is 7.96. The Balaban J connectivity index is 1.64. The van der Waals surface area contributed by atoms with Gasteiger partial charge in [-0.25, -0.2) is 4.79 Å². The summed E-state index contributed by atoms with van der Waals surface area (Å²) >= 11 is 0. The van der Waals surface area contributed by atoms with Gasteiger partial charge in [-0.3, -0.25) is 0 Å². The van der Waals surface area contributed by atoms with Crippen LogP contribution in [0.4, 0.5) is 0 Å². The normalized spacial score (nSPS) is 23.4. The van der Waals surface area contributed by atoms with Crippen molar-refractivity contribution in [3.63, 3.8) is 0 Å². The number of hydrogen-bond donors (Lipinski definition) is 2. The zero-order valence-corrected chi connectivity index (χ0v) is 11.5. The molecule has 0 amide bonds. The molecule has 1 fully saturated rings. The summed E-state index contributed by atoms with van der Waals surface area (Å²) in [5, 5.41) is 12.1. The Morgan fingerprint density at radius 1 is 1.53 bits per heavy atom. The first kappa shape index (κ1) is 14.1. The Morgan fingerprint density at radius 2 is 2.37 bits per heavy atom. The van der Waals surface area contributed by atoms with Crippen molar-refractivity contribution in [2.75, 3.05) is 6.54 Å². The van der Waals surface area contributed by atoms with Crippen LogP contribution in [0.5, 0.6) is 0 Å². The van der Waals surface area contributed by atoms with E-state index in [2.05, 4.69) is 12.2 Å². The first-order valence-corrected chi connectivity index (χ1v) is 7.16. The van der Waals surface area contributed by atoms with E-state index in [1.54, 1.807) is 6.07 Å².